The zero-order valence-electron chi connectivity index (χ0n) is 12.7. The molecule has 1 aromatic carbocycles. The fraction of sp³-hybridized carbons (Fsp3) is 0.312. The van der Waals surface area contributed by atoms with E-state index in [1.807, 2.05) is 6.92 Å². The Morgan fingerprint density at radius 3 is 2.70 bits per heavy atom. The summed E-state index contributed by atoms with van der Waals surface area (Å²) < 4.78 is 37.7. The van der Waals surface area contributed by atoms with Crippen LogP contribution < -0.4 is 10.6 Å². The molecule has 0 fully saturated rings. The molecule has 0 aromatic heterocycles. The summed E-state index contributed by atoms with van der Waals surface area (Å²) in [4.78, 5) is 4.18. The molecule has 0 unspecified atom stereocenters. The summed E-state index contributed by atoms with van der Waals surface area (Å²) in [6, 6.07) is 4.94. The highest BCUT2D eigenvalue weighted by Gasteiger charge is 2.30. The second kappa shape index (κ2) is 10.9. The molecule has 0 bridgehead atoms. The van der Waals surface area contributed by atoms with E-state index < -0.39 is 11.7 Å². The highest BCUT2D eigenvalue weighted by molar-refractivity contribution is 14.0. The van der Waals surface area contributed by atoms with Crippen molar-refractivity contribution < 1.29 is 13.2 Å². The highest BCUT2D eigenvalue weighted by atomic mass is 127. The topological polar surface area (TPSA) is 36.4 Å². The SMILES string of the molecule is C=CCN=C(NCC)NCC#Cc1cccc(C(F)(F)F)c1.I. The summed E-state index contributed by atoms with van der Waals surface area (Å²) in [5.74, 6) is 6.05. The second-order valence-corrected chi connectivity index (χ2v) is 4.24. The number of hydrogen-bond acceptors (Lipinski definition) is 1. The molecule has 23 heavy (non-hydrogen) atoms. The molecule has 2 N–H and O–H groups in total. The number of hydrogen-bond donors (Lipinski definition) is 2. The fourth-order valence-electron chi connectivity index (χ4n) is 1.55. The number of aliphatic imine (C=N–C) groups is 1. The van der Waals surface area contributed by atoms with Gasteiger partial charge in [-0.05, 0) is 25.1 Å². The van der Waals surface area contributed by atoms with E-state index >= 15 is 0 Å². The van der Waals surface area contributed by atoms with Crippen molar-refractivity contribution in [3.63, 3.8) is 0 Å². The predicted octanol–water partition coefficient (Wildman–Crippen LogP) is 3.42. The number of nitrogens with zero attached hydrogens (tertiary/aromatic N) is 1. The van der Waals surface area contributed by atoms with Crippen molar-refractivity contribution in [1.82, 2.24) is 10.6 Å². The molecule has 0 atom stereocenters. The molecule has 0 amide bonds. The highest BCUT2D eigenvalue weighted by Crippen LogP contribution is 2.29. The van der Waals surface area contributed by atoms with Gasteiger partial charge in [-0.2, -0.15) is 13.2 Å². The van der Waals surface area contributed by atoms with Gasteiger partial charge in [-0.25, -0.2) is 4.99 Å². The van der Waals surface area contributed by atoms with Crippen molar-refractivity contribution in [2.45, 2.75) is 13.1 Å². The van der Waals surface area contributed by atoms with Gasteiger partial charge in [0.25, 0.3) is 0 Å². The van der Waals surface area contributed by atoms with Gasteiger partial charge in [-0.1, -0.05) is 24.0 Å². The van der Waals surface area contributed by atoms with Crippen LogP contribution in [0.5, 0.6) is 0 Å². The first-order chi connectivity index (χ1) is 10.5. The predicted molar refractivity (Wildman–Crippen MR) is 97.9 cm³/mol. The number of halogens is 4. The molecule has 3 nitrogen and oxygen atoms in total. The van der Waals surface area contributed by atoms with Crippen molar-refractivity contribution >= 4 is 29.9 Å². The number of benzene rings is 1. The minimum Gasteiger partial charge on any atom is -0.357 e. The lowest BCUT2D eigenvalue weighted by Gasteiger charge is -2.07. The standard InChI is InChI=1S/C16H18F3N3.HI/c1-3-10-21-15(20-4-2)22-11-6-8-13-7-5-9-14(12-13)16(17,18)19;/h3,5,7,9,12H,1,4,10-11H2,2H3,(H2,20,21,22);1H. The first-order valence-corrected chi connectivity index (χ1v) is 6.76. The van der Waals surface area contributed by atoms with Gasteiger partial charge in [-0.3, -0.25) is 0 Å². The van der Waals surface area contributed by atoms with Crippen molar-refractivity contribution in [3.8, 4) is 11.8 Å². The number of rotatable bonds is 4. The maximum atomic E-state index is 12.6. The van der Waals surface area contributed by atoms with E-state index in [2.05, 4.69) is 34.0 Å². The third-order valence-electron chi connectivity index (χ3n) is 2.49. The van der Waals surface area contributed by atoms with E-state index in [4.69, 9.17) is 0 Å². The minimum atomic E-state index is -4.36. The Labute approximate surface area is 151 Å². The molecule has 0 saturated carbocycles. The van der Waals surface area contributed by atoms with Crippen LogP contribution in [-0.2, 0) is 6.18 Å². The Balaban J connectivity index is 0.00000484. The molecule has 0 saturated heterocycles. The average Bonchev–Trinajstić information content (AvgIpc) is 2.48. The molecular weight excluding hydrogens is 418 g/mol. The van der Waals surface area contributed by atoms with Crippen LogP contribution >= 0.6 is 24.0 Å². The summed E-state index contributed by atoms with van der Waals surface area (Å²) in [7, 11) is 0. The molecule has 0 heterocycles. The Hall–Kier alpha value is -1.69. The van der Waals surface area contributed by atoms with Gasteiger partial charge in [-0.15, -0.1) is 30.6 Å². The van der Waals surface area contributed by atoms with Gasteiger partial charge in [0.15, 0.2) is 5.96 Å². The molecule has 0 aliphatic rings. The maximum Gasteiger partial charge on any atom is 0.416 e. The molecule has 1 rings (SSSR count). The molecule has 7 heteroatoms. The van der Waals surface area contributed by atoms with Gasteiger partial charge < -0.3 is 10.6 Å². The van der Waals surface area contributed by atoms with Crippen LogP contribution in [0.15, 0.2) is 41.9 Å². The van der Waals surface area contributed by atoms with E-state index in [9.17, 15) is 13.2 Å². The van der Waals surface area contributed by atoms with Crippen molar-refractivity contribution in [2.24, 2.45) is 4.99 Å². The molecule has 1 aromatic rings. The lowest BCUT2D eigenvalue weighted by atomic mass is 10.1. The second-order valence-electron chi connectivity index (χ2n) is 4.24. The lowest BCUT2D eigenvalue weighted by molar-refractivity contribution is -0.137. The molecule has 0 aliphatic heterocycles. The van der Waals surface area contributed by atoms with Gasteiger partial charge >= 0.3 is 6.18 Å². The minimum absolute atomic E-state index is 0. The van der Waals surface area contributed by atoms with Crippen LogP contribution in [0, 0.1) is 11.8 Å². The maximum absolute atomic E-state index is 12.6. The summed E-state index contributed by atoms with van der Waals surface area (Å²) in [5.41, 5.74) is -0.377. The van der Waals surface area contributed by atoms with E-state index in [0.29, 0.717) is 24.6 Å². The van der Waals surface area contributed by atoms with Crippen LogP contribution in [0.1, 0.15) is 18.1 Å². The Kier molecular flexibility index (Phi) is 10.1. The van der Waals surface area contributed by atoms with E-state index in [0.717, 1.165) is 12.1 Å². The average molecular weight is 437 g/mol. The van der Waals surface area contributed by atoms with Gasteiger partial charge in [0.05, 0.1) is 18.7 Å². The van der Waals surface area contributed by atoms with Gasteiger partial charge in [0, 0.05) is 12.1 Å². The van der Waals surface area contributed by atoms with Crippen molar-refractivity contribution in [3.05, 3.63) is 48.0 Å². The molecule has 0 spiro atoms. The largest absolute Gasteiger partial charge is 0.416 e. The first-order valence-electron chi connectivity index (χ1n) is 6.76. The lowest BCUT2D eigenvalue weighted by Crippen LogP contribution is -2.37. The summed E-state index contributed by atoms with van der Waals surface area (Å²) in [6.07, 6.45) is -2.70. The Bertz CT molecular complexity index is 586. The number of nitrogens with one attached hydrogen (secondary N) is 2. The molecule has 0 aliphatic carbocycles. The molecule has 0 radical (unpaired) electrons. The van der Waals surface area contributed by atoms with Crippen LogP contribution in [-0.4, -0.2) is 25.6 Å². The normalized spacial score (nSPS) is 10.9. The van der Waals surface area contributed by atoms with Crippen LogP contribution in [0.2, 0.25) is 0 Å². The van der Waals surface area contributed by atoms with Gasteiger partial charge in [0.1, 0.15) is 0 Å². The van der Waals surface area contributed by atoms with Crippen LogP contribution in [0.3, 0.4) is 0 Å². The van der Waals surface area contributed by atoms with Crippen molar-refractivity contribution in [1.29, 1.82) is 0 Å². The first kappa shape index (κ1) is 21.3. The Morgan fingerprint density at radius 1 is 1.35 bits per heavy atom. The third kappa shape index (κ3) is 8.50. The van der Waals surface area contributed by atoms with Crippen LogP contribution in [0.25, 0.3) is 0 Å². The third-order valence-corrected chi connectivity index (χ3v) is 2.49. The zero-order chi connectivity index (χ0) is 16.4. The van der Waals surface area contributed by atoms with E-state index in [1.165, 1.54) is 6.07 Å². The van der Waals surface area contributed by atoms with Gasteiger partial charge in [0.2, 0.25) is 0 Å². The summed E-state index contributed by atoms with van der Waals surface area (Å²) in [5, 5.41) is 5.99. The molecule has 126 valence electrons. The van der Waals surface area contributed by atoms with E-state index in [1.54, 1.807) is 12.1 Å². The number of guanidine groups is 1. The summed E-state index contributed by atoms with van der Waals surface area (Å²) >= 11 is 0. The zero-order valence-corrected chi connectivity index (χ0v) is 15.0. The fourth-order valence-corrected chi connectivity index (χ4v) is 1.55. The monoisotopic (exact) mass is 437 g/mol. The molecular formula is C16H19F3IN3. The summed E-state index contributed by atoms with van der Waals surface area (Å²) in [6.45, 7) is 6.95. The number of alkyl halides is 3. The van der Waals surface area contributed by atoms with Crippen molar-refractivity contribution in [2.75, 3.05) is 19.6 Å². The van der Waals surface area contributed by atoms with E-state index in [-0.39, 0.29) is 30.5 Å². The quantitative estimate of drug-likeness (QED) is 0.249. The Morgan fingerprint density at radius 2 is 2.09 bits per heavy atom. The smallest absolute Gasteiger partial charge is 0.357 e. The van der Waals surface area contributed by atoms with Crippen LogP contribution in [0.4, 0.5) is 13.2 Å².